The Morgan fingerprint density at radius 3 is 2.84 bits per heavy atom. The van der Waals surface area contributed by atoms with Gasteiger partial charge in [0.05, 0.1) is 11.2 Å². The van der Waals surface area contributed by atoms with E-state index in [0.717, 1.165) is 36.6 Å². The Labute approximate surface area is 123 Å². The zero-order chi connectivity index (χ0) is 13.7. The second-order valence-electron chi connectivity index (χ2n) is 5.04. The number of thiazole rings is 2. The SMILES string of the molecule is CCCNCc1sc(-c2cscn2)nc1CC(C)C. The maximum Gasteiger partial charge on any atom is 0.143 e. The van der Waals surface area contributed by atoms with Crippen molar-refractivity contribution < 1.29 is 0 Å². The predicted molar refractivity (Wildman–Crippen MR) is 83.8 cm³/mol. The molecule has 0 aliphatic rings. The molecule has 104 valence electrons. The third-order valence-corrected chi connectivity index (χ3v) is 4.45. The van der Waals surface area contributed by atoms with Gasteiger partial charge in [-0.05, 0) is 25.3 Å². The van der Waals surface area contributed by atoms with E-state index in [2.05, 4.69) is 36.5 Å². The lowest BCUT2D eigenvalue weighted by Crippen LogP contribution is -2.14. The first-order valence-corrected chi connectivity index (χ1v) is 8.54. The summed E-state index contributed by atoms with van der Waals surface area (Å²) in [5.74, 6) is 0.635. The van der Waals surface area contributed by atoms with Crippen LogP contribution in [0.25, 0.3) is 10.7 Å². The predicted octanol–water partition coefficient (Wildman–Crippen LogP) is 3.96. The van der Waals surface area contributed by atoms with Crippen LogP contribution in [0, 0.1) is 5.92 Å². The molecule has 1 N–H and O–H groups in total. The van der Waals surface area contributed by atoms with Gasteiger partial charge in [-0.25, -0.2) is 9.97 Å². The molecule has 0 aliphatic carbocycles. The number of nitrogens with zero attached hydrogens (tertiary/aromatic N) is 2. The molecule has 0 saturated carbocycles. The van der Waals surface area contributed by atoms with Crippen LogP contribution in [0.5, 0.6) is 0 Å². The number of aromatic nitrogens is 2. The van der Waals surface area contributed by atoms with Gasteiger partial charge in [0.25, 0.3) is 0 Å². The van der Waals surface area contributed by atoms with Gasteiger partial charge in [-0.1, -0.05) is 20.8 Å². The summed E-state index contributed by atoms with van der Waals surface area (Å²) in [6, 6.07) is 0. The summed E-state index contributed by atoms with van der Waals surface area (Å²) in [6.07, 6.45) is 2.21. The molecule has 2 rings (SSSR count). The van der Waals surface area contributed by atoms with E-state index in [1.807, 2.05) is 5.51 Å². The number of rotatable bonds is 7. The molecule has 0 fully saturated rings. The first kappa shape index (κ1) is 14.6. The Hall–Kier alpha value is -0.780. The summed E-state index contributed by atoms with van der Waals surface area (Å²) in [4.78, 5) is 10.5. The van der Waals surface area contributed by atoms with Crippen molar-refractivity contribution in [1.82, 2.24) is 15.3 Å². The number of hydrogen-bond donors (Lipinski definition) is 1. The molecule has 0 amide bonds. The van der Waals surface area contributed by atoms with E-state index in [0.29, 0.717) is 5.92 Å². The van der Waals surface area contributed by atoms with Crippen LogP contribution in [0.2, 0.25) is 0 Å². The van der Waals surface area contributed by atoms with Crippen molar-refractivity contribution in [2.75, 3.05) is 6.54 Å². The summed E-state index contributed by atoms with van der Waals surface area (Å²) < 4.78 is 0. The van der Waals surface area contributed by atoms with Crippen molar-refractivity contribution in [2.45, 2.75) is 40.2 Å². The molecule has 2 aromatic rings. The highest BCUT2D eigenvalue weighted by atomic mass is 32.1. The summed E-state index contributed by atoms with van der Waals surface area (Å²) in [5.41, 5.74) is 4.13. The van der Waals surface area contributed by atoms with Crippen LogP contribution in [0.15, 0.2) is 10.9 Å². The van der Waals surface area contributed by atoms with Crippen molar-refractivity contribution >= 4 is 22.7 Å². The van der Waals surface area contributed by atoms with E-state index < -0.39 is 0 Å². The maximum atomic E-state index is 4.79. The zero-order valence-electron chi connectivity index (χ0n) is 11.8. The summed E-state index contributed by atoms with van der Waals surface area (Å²) in [6.45, 7) is 8.66. The molecule has 0 bridgehead atoms. The molecular weight excluding hydrogens is 274 g/mol. The van der Waals surface area contributed by atoms with E-state index in [1.165, 1.54) is 10.6 Å². The third kappa shape index (κ3) is 4.09. The highest BCUT2D eigenvalue weighted by Crippen LogP contribution is 2.29. The Morgan fingerprint density at radius 1 is 1.37 bits per heavy atom. The van der Waals surface area contributed by atoms with Crippen molar-refractivity contribution in [3.8, 4) is 10.7 Å². The largest absolute Gasteiger partial charge is 0.312 e. The van der Waals surface area contributed by atoms with E-state index in [-0.39, 0.29) is 0 Å². The highest BCUT2D eigenvalue weighted by molar-refractivity contribution is 7.15. The third-order valence-electron chi connectivity index (χ3n) is 2.74. The van der Waals surface area contributed by atoms with Crippen LogP contribution in [0.4, 0.5) is 0 Å². The van der Waals surface area contributed by atoms with Crippen LogP contribution in [-0.2, 0) is 13.0 Å². The fourth-order valence-electron chi connectivity index (χ4n) is 1.87. The lowest BCUT2D eigenvalue weighted by atomic mass is 10.1. The fourth-order valence-corrected chi connectivity index (χ4v) is 3.51. The van der Waals surface area contributed by atoms with Crippen molar-refractivity contribution in [3.05, 3.63) is 21.5 Å². The normalized spacial score (nSPS) is 11.4. The van der Waals surface area contributed by atoms with Gasteiger partial charge in [-0.3, -0.25) is 0 Å². The first-order chi connectivity index (χ1) is 9.20. The first-order valence-electron chi connectivity index (χ1n) is 6.78. The summed E-state index contributed by atoms with van der Waals surface area (Å²) in [7, 11) is 0. The number of nitrogens with one attached hydrogen (secondary N) is 1. The molecule has 2 aromatic heterocycles. The highest BCUT2D eigenvalue weighted by Gasteiger charge is 2.14. The van der Waals surface area contributed by atoms with Crippen molar-refractivity contribution in [1.29, 1.82) is 0 Å². The Balaban J connectivity index is 2.18. The smallest absolute Gasteiger partial charge is 0.143 e. The van der Waals surface area contributed by atoms with Gasteiger partial charge in [0.1, 0.15) is 10.7 Å². The van der Waals surface area contributed by atoms with Crippen LogP contribution in [0.1, 0.15) is 37.8 Å². The van der Waals surface area contributed by atoms with Gasteiger partial charge in [0, 0.05) is 16.8 Å². The van der Waals surface area contributed by atoms with Gasteiger partial charge in [0.2, 0.25) is 0 Å². The minimum Gasteiger partial charge on any atom is -0.312 e. The zero-order valence-corrected chi connectivity index (χ0v) is 13.4. The second-order valence-corrected chi connectivity index (χ2v) is 6.84. The van der Waals surface area contributed by atoms with Gasteiger partial charge in [-0.2, -0.15) is 0 Å². The monoisotopic (exact) mass is 295 g/mol. The van der Waals surface area contributed by atoms with Gasteiger partial charge in [0.15, 0.2) is 0 Å². The molecule has 0 radical (unpaired) electrons. The van der Waals surface area contributed by atoms with Crippen LogP contribution in [0.3, 0.4) is 0 Å². The molecule has 3 nitrogen and oxygen atoms in total. The number of hydrogen-bond acceptors (Lipinski definition) is 5. The second kappa shape index (κ2) is 7.12. The topological polar surface area (TPSA) is 37.8 Å². The quantitative estimate of drug-likeness (QED) is 0.786. The van der Waals surface area contributed by atoms with Crippen molar-refractivity contribution in [2.24, 2.45) is 5.92 Å². The fraction of sp³-hybridized carbons (Fsp3) is 0.571. The molecule has 19 heavy (non-hydrogen) atoms. The molecule has 0 aromatic carbocycles. The molecule has 0 spiro atoms. The van der Waals surface area contributed by atoms with Gasteiger partial charge in [-0.15, -0.1) is 22.7 Å². The average Bonchev–Trinajstić information content (AvgIpc) is 2.98. The van der Waals surface area contributed by atoms with E-state index >= 15 is 0 Å². The molecule has 0 unspecified atom stereocenters. The summed E-state index contributed by atoms with van der Waals surface area (Å²) >= 11 is 3.41. The lowest BCUT2D eigenvalue weighted by molar-refractivity contribution is 0.623. The Bertz CT molecular complexity index is 489. The van der Waals surface area contributed by atoms with E-state index in [9.17, 15) is 0 Å². The van der Waals surface area contributed by atoms with E-state index in [4.69, 9.17) is 4.98 Å². The summed E-state index contributed by atoms with van der Waals surface area (Å²) in [5, 5.41) is 6.61. The van der Waals surface area contributed by atoms with Crippen molar-refractivity contribution in [3.63, 3.8) is 0 Å². The molecule has 2 heterocycles. The minimum absolute atomic E-state index is 0.635. The van der Waals surface area contributed by atoms with Crippen LogP contribution in [-0.4, -0.2) is 16.5 Å². The molecular formula is C14H21N3S2. The Kier molecular flexibility index (Phi) is 5.48. The molecule has 0 saturated heterocycles. The maximum absolute atomic E-state index is 4.79. The average molecular weight is 295 g/mol. The van der Waals surface area contributed by atoms with Gasteiger partial charge >= 0.3 is 0 Å². The molecule has 0 atom stereocenters. The molecule has 5 heteroatoms. The Morgan fingerprint density at radius 2 is 2.21 bits per heavy atom. The van der Waals surface area contributed by atoms with E-state index in [1.54, 1.807) is 22.7 Å². The standard InChI is InChI=1S/C14H21N3S2/c1-4-5-15-7-13-11(6-10(2)3)17-14(19-13)12-8-18-9-16-12/h8-10,15H,4-7H2,1-3H3. The van der Waals surface area contributed by atoms with Crippen LogP contribution < -0.4 is 5.32 Å². The minimum atomic E-state index is 0.635. The van der Waals surface area contributed by atoms with Crippen LogP contribution >= 0.6 is 22.7 Å². The lowest BCUT2D eigenvalue weighted by Gasteiger charge is -2.05. The molecule has 0 aliphatic heterocycles. The van der Waals surface area contributed by atoms with Gasteiger partial charge < -0.3 is 5.32 Å².